The van der Waals surface area contributed by atoms with E-state index >= 15 is 0 Å². The number of Topliss-reactive ketones (excluding diaryl/α,β-unsaturated/α-hetero) is 2. The normalized spacial score (nSPS) is 19.9. The lowest BCUT2D eigenvalue weighted by Crippen LogP contribution is -2.01. The Bertz CT molecular complexity index is 850. The van der Waals surface area contributed by atoms with Crippen LogP contribution in [0.1, 0.15) is 26.3 Å². The SMILES string of the molecule is Cc1ccc2c(c1)SC(=C1Sc3ccccc3C1=O)C2=O. The van der Waals surface area contributed by atoms with Gasteiger partial charge >= 0.3 is 0 Å². The molecule has 2 aliphatic heterocycles. The van der Waals surface area contributed by atoms with Gasteiger partial charge in [0.15, 0.2) is 0 Å². The lowest BCUT2D eigenvalue weighted by atomic mass is 10.1. The number of benzene rings is 2. The summed E-state index contributed by atoms with van der Waals surface area (Å²) >= 11 is 2.83. The Kier molecular flexibility index (Phi) is 2.84. The molecular weight excluding hydrogens is 300 g/mol. The molecule has 0 unspecified atom stereocenters. The number of aryl methyl sites for hydroxylation is 1. The van der Waals surface area contributed by atoms with Crippen LogP contribution in [0.4, 0.5) is 0 Å². The molecule has 4 rings (SSSR count). The van der Waals surface area contributed by atoms with Gasteiger partial charge in [0.2, 0.25) is 11.6 Å². The van der Waals surface area contributed by atoms with Crippen molar-refractivity contribution in [2.24, 2.45) is 0 Å². The van der Waals surface area contributed by atoms with Crippen LogP contribution in [0.2, 0.25) is 0 Å². The van der Waals surface area contributed by atoms with Gasteiger partial charge in [-0.15, -0.1) is 0 Å². The van der Waals surface area contributed by atoms with Crippen molar-refractivity contribution in [2.45, 2.75) is 16.7 Å². The van der Waals surface area contributed by atoms with Crippen LogP contribution in [0.25, 0.3) is 0 Å². The minimum Gasteiger partial charge on any atom is -0.288 e. The maximum absolute atomic E-state index is 12.5. The first kappa shape index (κ1) is 12.9. The molecule has 0 spiro atoms. The lowest BCUT2D eigenvalue weighted by Gasteiger charge is -1.98. The number of ketones is 2. The van der Waals surface area contributed by atoms with Crippen molar-refractivity contribution in [1.29, 1.82) is 0 Å². The molecule has 2 aromatic carbocycles. The van der Waals surface area contributed by atoms with Crippen LogP contribution >= 0.6 is 23.5 Å². The molecule has 102 valence electrons. The molecule has 0 amide bonds. The van der Waals surface area contributed by atoms with E-state index in [9.17, 15) is 9.59 Å². The first-order valence-corrected chi connectivity index (χ1v) is 8.17. The van der Waals surface area contributed by atoms with Gasteiger partial charge in [-0.3, -0.25) is 9.59 Å². The van der Waals surface area contributed by atoms with Gasteiger partial charge in [-0.2, -0.15) is 0 Å². The molecule has 2 aliphatic rings. The molecule has 0 atom stereocenters. The van der Waals surface area contributed by atoms with Gasteiger partial charge in [0.05, 0.1) is 9.81 Å². The van der Waals surface area contributed by atoms with Crippen LogP contribution in [-0.4, -0.2) is 11.6 Å². The Morgan fingerprint density at radius 2 is 1.38 bits per heavy atom. The van der Waals surface area contributed by atoms with E-state index < -0.39 is 0 Å². The van der Waals surface area contributed by atoms with Crippen LogP contribution in [0.3, 0.4) is 0 Å². The van der Waals surface area contributed by atoms with Gasteiger partial charge in [-0.25, -0.2) is 0 Å². The molecule has 0 aromatic heterocycles. The standard InChI is InChI=1S/C17H10O2S2/c1-9-6-7-11-13(8-9)21-17(15(11)19)16-14(18)10-4-2-3-5-12(10)20-16/h2-8H,1H3. The fraction of sp³-hybridized carbons (Fsp3) is 0.0588. The number of rotatable bonds is 0. The van der Waals surface area contributed by atoms with E-state index in [1.54, 1.807) is 0 Å². The maximum atomic E-state index is 12.5. The summed E-state index contributed by atoms with van der Waals surface area (Å²) in [5.41, 5.74) is 2.52. The number of hydrogen-bond donors (Lipinski definition) is 0. The van der Waals surface area contributed by atoms with Crippen molar-refractivity contribution in [1.82, 2.24) is 0 Å². The minimum absolute atomic E-state index is 0.0290. The minimum atomic E-state index is -0.0315. The number of hydrogen-bond acceptors (Lipinski definition) is 4. The Labute approximate surface area is 130 Å². The highest BCUT2D eigenvalue weighted by molar-refractivity contribution is 8.08. The Morgan fingerprint density at radius 1 is 0.762 bits per heavy atom. The van der Waals surface area contributed by atoms with Crippen molar-refractivity contribution in [3.8, 4) is 0 Å². The highest BCUT2D eigenvalue weighted by Crippen LogP contribution is 2.49. The number of allylic oxidation sites excluding steroid dienone is 2. The van der Waals surface area contributed by atoms with Crippen LogP contribution in [0.5, 0.6) is 0 Å². The average molecular weight is 310 g/mol. The van der Waals surface area contributed by atoms with Gasteiger partial charge in [0.1, 0.15) is 0 Å². The number of fused-ring (bicyclic) bond motifs is 2. The van der Waals surface area contributed by atoms with E-state index in [0.29, 0.717) is 20.9 Å². The Morgan fingerprint density at radius 3 is 2.10 bits per heavy atom. The summed E-state index contributed by atoms with van der Waals surface area (Å²) in [5.74, 6) is -0.0605. The van der Waals surface area contributed by atoms with Gasteiger partial charge in [0, 0.05) is 20.9 Å². The summed E-state index contributed by atoms with van der Waals surface area (Å²) < 4.78 is 0. The molecule has 0 bridgehead atoms. The first-order valence-electron chi connectivity index (χ1n) is 6.54. The fourth-order valence-electron chi connectivity index (χ4n) is 2.50. The summed E-state index contributed by atoms with van der Waals surface area (Å²) in [6, 6.07) is 13.3. The highest BCUT2D eigenvalue weighted by atomic mass is 32.2. The van der Waals surface area contributed by atoms with Crippen LogP contribution < -0.4 is 0 Å². The van der Waals surface area contributed by atoms with Crippen LogP contribution in [0, 0.1) is 6.92 Å². The van der Waals surface area contributed by atoms with Gasteiger partial charge in [-0.1, -0.05) is 41.7 Å². The molecule has 0 fully saturated rings. The van der Waals surface area contributed by atoms with Crippen molar-refractivity contribution in [3.63, 3.8) is 0 Å². The smallest absolute Gasteiger partial charge is 0.202 e. The molecule has 0 saturated heterocycles. The molecule has 0 saturated carbocycles. The number of carbonyl (C=O) groups is 2. The molecule has 2 nitrogen and oxygen atoms in total. The quantitative estimate of drug-likeness (QED) is 0.672. The zero-order valence-corrected chi connectivity index (χ0v) is 12.8. The summed E-state index contributed by atoms with van der Waals surface area (Å²) in [4.78, 5) is 28.1. The summed E-state index contributed by atoms with van der Waals surface area (Å²) in [5, 5.41) is 0. The van der Waals surface area contributed by atoms with E-state index in [2.05, 4.69) is 0 Å². The molecule has 4 heteroatoms. The molecular formula is C17H10O2S2. The monoisotopic (exact) mass is 310 g/mol. The summed E-state index contributed by atoms with van der Waals surface area (Å²) in [6.07, 6.45) is 0. The van der Waals surface area contributed by atoms with E-state index in [4.69, 9.17) is 0 Å². The van der Waals surface area contributed by atoms with Crippen LogP contribution in [-0.2, 0) is 0 Å². The lowest BCUT2D eigenvalue weighted by molar-refractivity contribution is 0.101. The average Bonchev–Trinajstić information content (AvgIpc) is 2.97. The zero-order valence-electron chi connectivity index (χ0n) is 11.2. The Balaban J connectivity index is 1.83. The van der Waals surface area contributed by atoms with Crippen molar-refractivity contribution in [3.05, 3.63) is 69.0 Å². The van der Waals surface area contributed by atoms with Gasteiger partial charge in [-0.05, 0) is 36.8 Å². The predicted octanol–water partition coefficient (Wildman–Crippen LogP) is 4.48. The predicted molar refractivity (Wildman–Crippen MR) is 85.0 cm³/mol. The molecule has 2 heterocycles. The fourth-order valence-corrected chi connectivity index (χ4v) is 4.90. The molecule has 0 N–H and O–H groups in total. The van der Waals surface area contributed by atoms with Gasteiger partial charge in [0.25, 0.3) is 0 Å². The highest BCUT2D eigenvalue weighted by Gasteiger charge is 2.35. The van der Waals surface area contributed by atoms with E-state index in [1.807, 2.05) is 49.4 Å². The summed E-state index contributed by atoms with van der Waals surface area (Å²) in [7, 11) is 0. The molecule has 2 aromatic rings. The van der Waals surface area contributed by atoms with Crippen LogP contribution in [0.15, 0.2) is 62.1 Å². The molecule has 0 radical (unpaired) electrons. The van der Waals surface area contributed by atoms with E-state index in [0.717, 1.165) is 15.4 Å². The number of thioether (sulfide) groups is 2. The third-order valence-electron chi connectivity index (χ3n) is 3.56. The second-order valence-electron chi connectivity index (χ2n) is 5.02. The molecule has 21 heavy (non-hydrogen) atoms. The van der Waals surface area contributed by atoms with Crippen molar-refractivity contribution in [2.75, 3.05) is 0 Å². The number of carbonyl (C=O) groups excluding carboxylic acids is 2. The topological polar surface area (TPSA) is 34.1 Å². The summed E-state index contributed by atoms with van der Waals surface area (Å²) in [6.45, 7) is 2.00. The first-order chi connectivity index (χ1) is 10.1. The van der Waals surface area contributed by atoms with Gasteiger partial charge < -0.3 is 0 Å². The largest absolute Gasteiger partial charge is 0.288 e. The third kappa shape index (κ3) is 1.90. The zero-order chi connectivity index (χ0) is 14.6. The third-order valence-corrected chi connectivity index (χ3v) is 6.01. The second-order valence-corrected chi connectivity index (χ2v) is 7.12. The Hall–Kier alpha value is -1.78. The van der Waals surface area contributed by atoms with E-state index in [1.165, 1.54) is 23.5 Å². The van der Waals surface area contributed by atoms with Crippen molar-refractivity contribution >= 4 is 35.1 Å². The molecule has 0 aliphatic carbocycles. The second kappa shape index (κ2) is 4.61. The maximum Gasteiger partial charge on any atom is 0.202 e. The van der Waals surface area contributed by atoms with Crippen molar-refractivity contribution < 1.29 is 9.59 Å². The van der Waals surface area contributed by atoms with E-state index in [-0.39, 0.29) is 11.6 Å².